The fraction of sp³-hybridized carbons (Fsp3) is 0.300. The van der Waals surface area contributed by atoms with E-state index in [1.54, 1.807) is 18.2 Å². The standard InChI is InChI=1S/C20H17F3N4O3/c21-20(22,23)12-7-8-15(24-9-12)13-3-1-2-4-14(13)16(28)25-10-19(11-5-6-11)17(29)26-18(30)27-19/h1-4,7-9,11H,5-6,10H2,(H,25,28)(H2,26,27,29,30)/t19-/m0/s1. The number of halogens is 3. The number of amides is 4. The maximum atomic E-state index is 12.8. The van der Waals surface area contributed by atoms with Crippen molar-refractivity contribution in [3.63, 3.8) is 0 Å². The summed E-state index contributed by atoms with van der Waals surface area (Å²) in [5.74, 6) is -1.06. The maximum absolute atomic E-state index is 12.8. The number of hydrogen-bond acceptors (Lipinski definition) is 4. The number of hydrogen-bond donors (Lipinski definition) is 3. The van der Waals surface area contributed by atoms with Crippen molar-refractivity contribution in [2.45, 2.75) is 24.6 Å². The first kappa shape index (κ1) is 19.9. The largest absolute Gasteiger partial charge is 0.417 e. The van der Waals surface area contributed by atoms with Gasteiger partial charge in [-0.2, -0.15) is 13.2 Å². The molecule has 0 radical (unpaired) electrons. The van der Waals surface area contributed by atoms with Gasteiger partial charge in [0.1, 0.15) is 5.54 Å². The summed E-state index contributed by atoms with van der Waals surface area (Å²) in [7, 11) is 0. The third kappa shape index (κ3) is 3.60. The summed E-state index contributed by atoms with van der Waals surface area (Å²) >= 11 is 0. The van der Waals surface area contributed by atoms with Crippen LogP contribution in [0.3, 0.4) is 0 Å². The normalized spacial score (nSPS) is 21.2. The number of carbonyl (C=O) groups is 3. The van der Waals surface area contributed by atoms with E-state index in [1.807, 2.05) is 0 Å². The van der Waals surface area contributed by atoms with Crippen LogP contribution in [-0.4, -0.2) is 34.9 Å². The van der Waals surface area contributed by atoms with Crippen molar-refractivity contribution in [3.05, 3.63) is 53.7 Å². The van der Waals surface area contributed by atoms with Crippen LogP contribution in [0, 0.1) is 5.92 Å². The van der Waals surface area contributed by atoms with Crippen LogP contribution in [-0.2, 0) is 11.0 Å². The van der Waals surface area contributed by atoms with E-state index in [0.717, 1.165) is 18.9 Å². The molecular formula is C20H17F3N4O3. The summed E-state index contributed by atoms with van der Waals surface area (Å²) in [5.41, 5.74) is -1.32. The second kappa shape index (κ2) is 7.12. The Kier molecular flexibility index (Phi) is 4.71. The molecule has 2 aliphatic rings. The minimum Gasteiger partial charge on any atom is -0.349 e. The zero-order chi connectivity index (χ0) is 21.5. The van der Waals surface area contributed by atoms with E-state index >= 15 is 0 Å². The quantitative estimate of drug-likeness (QED) is 0.650. The molecule has 1 saturated carbocycles. The lowest BCUT2D eigenvalue weighted by molar-refractivity contribution is -0.137. The Morgan fingerprint density at radius 2 is 1.90 bits per heavy atom. The minimum absolute atomic E-state index is 0.0592. The number of carbonyl (C=O) groups excluding carboxylic acids is 3. The Labute approximate surface area is 169 Å². The summed E-state index contributed by atoms with van der Waals surface area (Å²) in [6.07, 6.45) is -2.28. The van der Waals surface area contributed by atoms with Crippen molar-refractivity contribution in [2.24, 2.45) is 5.92 Å². The molecule has 0 unspecified atom stereocenters. The average Bonchev–Trinajstić information content (AvgIpc) is 3.52. The highest BCUT2D eigenvalue weighted by Crippen LogP contribution is 2.41. The molecule has 156 valence electrons. The van der Waals surface area contributed by atoms with Gasteiger partial charge in [-0.3, -0.25) is 19.9 Å². The Hall–Kier alpha value is -3.43. The van der Waals surface area contributed by atoms with Crippen molar-refractivity contribution in [2.75, 3.05) is 6.54 Å². The van der Waals surface area contributed by atoms with Crippen LogP contribution in [0.2, 0.25) is 0 Å². The van der Waals surface area contributed by atoms with Crippen LogP contribution in [0.4, 0.5) is 18.0 Å². The molecule has 3 N–H and O–H groups in total. The molecule has 7 nitrogen and oxygen atoms in total. The fourth-order valence-corrected chi connectivity index (χ4v) is 3.58. The first-order valence-corrected chi connectivity index (χ1v) is 9.25. The van der Waals surface area contributed by atoms with Crippen LogP contribution in [0.5, 0.6) is 0 Å². The number of pyridine rings is 1. The van der Waals surface area contributed by atoms with Crippen molar-refractivity contribution in [1.82, 2.24) is 20.9 Å². The fourth-order valence-electron chi connectivity index (χ4n) is 3.58. The number of alkyl halides is 3. The van der Waals surface area contributed by atoms with Gasteiger partial charge >= 0.3 is 12.2 Å². The molecule has 2 fully saturated rings. The highest BCUT2D eigenvalue weighted by Gasteiger charge is 2.56. The van der Waals surface area contributed by atoms with E-state index in [2.05, 4.69) is 20.9 Å². The molecule has 1 saturated heterocycles. The monoisotopic (exact) mass is 418 g/mol. The van der Waals surface area contributed by atoms with E-state index in [-0.39, 0.29) is 23.7 Å². The van der Waals surface area contributed by atoms with Gasteiger partial charge in [-0.15, -0.1) is 0 Å². The second-order valence-electron chi connectivity index (χ2n) is 7.31. The molecule has 30 heavy (non-hydrogen) atoms. The van der Waals surface area contributed by atoms with Gasteiger partial charge in [-0.1, -0.05) is 18.2 Å². The number of aromatic nitrogens is 1. The van der Waals surface area contributed by atoms with Gasteiger partial charge in [0.15, 0.2) is 0 Å². The minimum atomic E-state index is -4.51. The van der Waals surface area contributed by atoms with Gasteiger partial charge in [-0.25, -0.2) is 4.79 Å². The van der Waals surface area contributed by atoms with Gasteiger partial charge in [0.2, 0.25) is 0 Å². The van der Waals surface area contributed by atoms with Crippen LogP contribution in [0.15, 0.2) is 42.6 Å². The predicted molar refractivity (Wildman–Crippen MR) is 99.1 cm³/mol. The molecular weight excluding hydrogens is 401 g/mol. The molecule has 1 aliphatic heterocycles. The Morgan fingerprint density at radius 3 is 2.47 bits per heavy atom. The molecule has 1 aliphatic carbocycles. The summed E-state index contributed by atoms with van der Waals surface area (Å²) in [5, 5.41) is 7.50. The summed E-state index contributed by atoms with van der Waals surface area (Å²) in [6.45, 7) is -0.0944. The van der Waals surface area contributed by atoms with Gasteiger partial charge in [0.25, 0.3) is 11.8 Å². The summed E-state index contributed by atoms with van der Waals surface area (Å²) in [4.78, 5) is 40.6. The van der Waals surface area contributed by atoms with Crippen LogP contribution >= 0.6 is 0 Å². The zero-order valence-electron chi connectivity index (χ0n) is 15.5. The second-order valence-corrected chi connectivity index (χ2v) is 7.31. The highest BCUT2D eigenvalue weighted by atomic mass is 19.4. The number of rotatable bonds is 5. The van der Waals surface area contributed by atoms with Crippen molar-refractivity contribution >= 4 is 17.8 Å². The first-order chi connectivity index (χ1) is 14.2. The Balaban J connectivity index is 1.56. The lowest BCUT2D eigenvalue weighted by Crippen LogP contribution is -2.57. The number of nitrogens with one attached hydrogen (secondary N) is 3. The lowest BCUT2D eigenvalue weighted by atomic mass is 9.93. The third-order valence-electron chi connectivity index (χ3n) is 5.31. The molecule has 4 rings (SSSR count). The first-order valence-electron chi connectivity index (χ1n) is 9.25. The summed E-state index contributed by atoms with van der Waals surface area (Å²) < 4.78 is 38.3. The van der Waals surface area contributed by atoms with Gasteiger partial charge in [0, 0.05) is 17.3 Å². The van der Waals surface area contributed by atoms with E-state index in [4.69, 9.17) is 0 Å². The molecule has 4 amide bonds. The van der Waals surface area contributed by atoms with E-state index in [0.29, 0.717) is 11.8 Å². The Bertz CT molecular complexity index is 1020. The predicted octanol–water partition coefficient (Wildman–Crippen LogP) is 2.49. The van der Waals surface area contributed by atoms with E-state index in [9.17, 15) is 27.6 Å². The maximum Gasteiger partial charge on any atom is 0.417 e. The highest BCUT2D eigenvalue weighted by molar-refractivity contribution is 6.08. The Morgan fingerprint density at radius 1 is 1.17 bits per heavy atom. The van der Waals surface area contributed by atoms with Crippen LogP contribution in [0.1, 0.15) is 28.8 Å². The van der Waals surface area contributed by atoms with Crippen LogP contribution in [0.25, 0.3) is 11.3 Å². The van der Waals surface area contributed by atoms with Crippen molar-refractivity contribution in [1.29, 1.82) is 0 Å². The molecule has 0 bridgehead atoms. The molecule has 1 atom stereocenters. The zero-order valence-corrected chi connectivity index (χ0v) is 15.5. The van der Waals surface area contributed by atoms with Gasteiger partial charge in [0.05, 0.1) is 17.8 Å². The van der Waals surface area contributed by atoms with Crippen molar-refractivity contribution in [3.8, 4) is 11.3 Å². The topological polar surface area (TPSA) is 100 Å². The van der Waals surface area contributed by atoms with E-state index < -0.39 is 35.1 Å². The lowest BCUT2D eigenvalue weighted by Gasteiger charge is -2.26. The van der Waals surface area contributed by atoms with Gasteiger partial charge in [-0.05, 0) is 37.0 Å². The molecule has 10 heteroatoms. The molecule has 1 aromatic carbocycles. The number of nitrogens with zero attached hydrogens (tertiary/aromatic N) is 1. The third-order valence-corrected chi connectivity index (χ3v) is 5.31. The summed E-state index contributed by atoms with van der Waals surface area (Å²) in [6, 6.07) is 7.84. The number of imide groups is 1. The van der Waals surface area contributed by atoms with Crippen molar-refractivity contribution < 1.29 is 27.6 Å². The smallest absolute Gasteiger partial charge is 0.349 e. The van der Waals surface area contributed by atoms with E-state index in [1.165, 1.54) is 12.1 Å². The molecule has 2 heterocycles. The number of benzene rings is 1. The molecule has 0 spiro atoms. The number of urea groups is 1. The van der Waals surface area contributed by atoms with Gasteiger partial charge < -0.3 is 10.6 Å². The SMILES string of the molecule is O=C1NC(=O)[C@](CNC(=O)c2ccccc2-c2ccc(C(F)(F)F)cn2)(C2CC2)N1. The molecule has 2 aromatic rings. The van der Waals surface area contributed by atoms with Crippen LogP contribution < -0.4 is 16.0 Å². The average molecular weight is 418 g/mol. The molecule has 1 aromatic heterocycles.